The summed E-state index contributed by atoms with van der Waals surface area (Å²) >= 11 is 0. The average Bonchev–Trinajstić information content (AvgIpc) is 2.66. The molecule has 4 rings (SSSR count). The van der Waals surface area contributed by atoms with Crippen LogP contribution in [0.3, 0.4) is 0 Å². The van der Waals surface area contributed by atoms with Crippen molar-refractivity contribution in [3.05, 3.63) is 54.4 Å². The van der Waals surface area contributed by atoms with Crippen molar-refractivity contribution in [1.82, 2.24) is 14.9 Å². The van der Waals surface area contributed by atoms with Gasteiger partial charge in [0, 0.05) is 31.7 Å². The van der Waals surface area contributed by atoms with E-state index >= 15 is 0 Å². The number of hydrogen-bond donors (Lipinski definition) is 0. The van der Waals surface area contributed by atoms with E-state index < -0.39 is 0 Å². The first-order valence-corrected chi connectivity index (χ1v) is 9.12. The van der Waals surface area contributed by atoms with Gasteiger partial charge in [-0.25, -0.2) is 9.97 Å². The van der Waals surface area contributed by atoms with Gasteiger partial charge >= 0.3 is 6.01 Å². The number of rotatable bonds is 5. The van der Waals surface area contributed by atoms with Crippen LogP contribution in [0.2, 0.25) is 0 Å². The van der Waals surface area contributed by atoms with Crippen LogP contribution in [-0.4, -0.2) is 52.2 Å². The molecule has 6 nitrogen and oxygen atoms in total. The summed E-state index contributed by atoms with van der Waals surface area (Å²) in [5.41, 5.74) is 0.932. The number of hydrogen-bond acceptors (Lipinski definition) is 5. The average molecular weight is 353 g/mol. The molecule has 0 bridgehead atoms. The summed E-state index contributed by atoms with van der Waals surface area (Å²) in [4.78, 5) is 22.6. The van der Waals surface area contributed by atoms with Gasteiger partial charge < -0.3 is 14.4 Å². The Morgan fingerprint density at radius 2 is 1.96 bits per heavy atom. The Hall–Kier alpha value is -2.47. The van der Waals surface area contributed by atoms with Crippen LogP contribution in [0.15, 0.2) is 48.8 Å². The summed E-state index contributed by atoms with van der Waals surface area (Å²) in [6.45, 7) is 1.94. The van der Waals surface area contributed by atoms with Crippen molar-refractivity contribution in [2.45, 2.75) is 37.4 Å². The van der Waals surface area contributed by atoms with Gasteiger partial charge in [0.15, 0.2) is 0 Å². The van der Waals surface area contributed by atoms with Gasteiger partial charge in [-0.05, 0) is 18.1 Å². The van der Waals surface area contributed by atoms with Gasteiger partial charge in [0.2, 0.25) is 5.91 Å². The number of carbonyl (C=O) groups is 1. The van der Waals surface area contributed by atoms with Crippen molar-refractivity contribution < 1.29 is 14.3 Å². The largest absolute Gasteiger partial charge is 0.460 e. The maximum Gasteiger partial charge on any atom is 0.316 e. The third-order valence-electron chi connectivity index (χ3n) is 5.04. The second-order valence-corrected chi connectivity index (χ2v) is 7.03. The predicted molar refractivity (Wildman–Crippen MR) is 95.7 cm³/mol. The maximum absolute atomic E-state index is 12.4. The Kier molecular flexibility index (Phi) is 4.84. The number of amides is 1. The first-order valence-electron chi connectivity index (χ1n) is 9.12. The Bertz CT molecular complexity index is 732. The quantitative estimate of drug-likeness (QED) is 0.825. The number of aromatic nitrogens is 2. The molecule has 1 amide bonds. The molecule has 2 aliphatic heterocycles. The summed E-state index contributed by atoms with van der Waals surface area (Å²) in [7, 11) is 0. The lowest BCUT2D eigenvalue weighted by molar-refractivity contribution is -0.193. The summed E-state index contributed by atoms with van der Waals surface area (Å²) in [5.74, 6) is 0.192. The van der Waals surface area contributed by atoms with Gasteiger partial charge in [-0.2, -0.15) is 0 Å². The summed E-state index contributed by atoms with van der Waals surface area (Å²) < 4.78 is 11.9. The SMILES string of the molecule is O=C(CCc1ccccc1)N1CC2(C[C@@H](Oc3ncccn3)CCO2)C1. The van der Waals surface area contributed by atoms with Crippen LogP contribution in [0.4, 0.5) is 0 Å². The molecule has 136 valence electrons. The van der Waals surface area contributed by atoms with Gasteiger partial charge in [0.1, 0.15) is 11.7 Å². The molecule has 2 aliphatic rings. The zero-order valence-electron chi connectivity index (χ0n) is 14.7. The lowest BCUT2D eigenvalue weighted by atomic mass is 9.84. The molecule has 1 aromatic carbocycles. The number of carbonyl (C=O) groups excluding carboxylic acids is 1. The molecule has 3 heterocycles. The number of benzene rings is 1. The number of aryl methyl sites for hydroxylation is 1. The number of likely N-dealkylation sites (tertiary alicyclic amines) is 1. The lowest BCUT2D eigenvalue weighted by Gasteiger charge is -2.52. The van der Waals surface area contributed by atoms with Gasteiger partial charge in [0.25, 0.3) is 0 Å². The van der Waals surface area contributed by atoms with Gasteiger partial charge in [-0.1, -0.05) is 30.3 Å². The smallest absolute Gasteiger partial charge is 0.316 e. The second-order valence-electron chi connectivity index (χ2n) is 7.03. The molecule has 1 spiro atoms. The van der Waals surface area contributed by atoms with E-state index in [1.165, 1.54) is 5.56 Å². The number of nitrogens with zero attached hydrogens (tertiary/aromatic N) is 3. The third kappa shape index (κ3) is 3.85. The molecule has 0 radical (unpaired) electrons. The zero-order chi connectivity index (χ0) is 17.8. The van der Waals surface area contributed by atoms with E-state index in [-0.39, 0.29) is 17.6 Å². The molecule has 1 aromatic heterocycles. The highest BCUT2D eigenvalue weighted by Gasteiger charge is 2.49. The van der Waals surface area contributed by atoms with Crippen LogP contribution in [0, 0.1) is 0 Å². The molecule has 0 unspecified atom stereocenters. The Morgan fingerprint density at radius 3 is 2.73 bits per heavy atom. The lowest BCUT2D eigenvalue weighted by Crippen LogP contribution is -2.67. The minimum Gasteiger partial charge on any atom is -0.460 e. The molecule has 2 saturated heterocycles. The molecule has 0 N–H and O–H groups in total. The minimum absolute atomic E-state index is 0.0349. The number of ether oxygens (including phenoxy) is 2. The first-order chi connectivity index (χ1) is 12.7. The fraction of sp³-hybridized carbons (Fsp3) is 0.450. The Morgan fingerprint density at radius 1 is 1.19 bits per heavy atom. The van der Waals surface area contributed by atoms with E-state index in [1.807, 2.05) is 23.1 Å². The second kappa shape index (κ2) is 7.41. The normalized spacial score (nSPS) is 21.2. The molecule has 1 atom stereocenters. The van der Waals surface area contributed by atoms with E-state index in [0.29, 0.717) is 32.1 Å². The van der Waals surface area contributed by atoms with Crippen LogP contribution in [0.1, 0.15) is 24.8 Å². The highest BCUT2D eigenvalue weighted by Crippen LogP contribution is 2.35. The first kappa shape index (κ1) is 17.0. The topological polar surface area (TPSA) is 64.6 Å². The molecule has 6 heteroatoms. The van der Waals surface area contributed by atoms with E-state index in [2.05, 4.69) is 22.1 Å². The van der Waals surface area contributed by atoms with E-state index in [4.69, 9.17) is 9.47 Å². The summed E-state index contributed by atoms with van der Waals surface area (Å²) in [5, 5.41) is 0. The van der Waals surface area contributed by atoms with Crippen molar-refractivity contribution in [1.29, 1.82) is 0 Å². The van der Waals surface area contributed by atoms with Crippen molar-refractivity contribution in [2.75, 3.05) is 19.7 Å². The molecule has 0 saturated carbocycles. The van der Waals surface area contributed by atoms with Crippen LogP contribution in [0.25, 0.3) is 0 Å². The van der Waals surface area contributed by atoms with Crippen LogP contribution in [-0.2, 0) is 16.0 Å². The Balaban J connectivity index is 1.26. The fourth-order valence-electron chi connectivity index (χ4n) is 3.68. The Labute approximate surface area is 153 Å². The van der Waals surface area contributed by atoms with Crippen molar-refractivity contribution in [3.8, 4) is 6.01 Å². The molecule has 0 aliphatic carbocycles. The zero-order valence-corrected chi connectivity index (χ0v) is 14.7. The van der Waals surface area contributed by atoms with Gasteiger partial charge in [0.05, 0.1) is 19.7 Å². The van der Waals surface area contributed by atoms with E-state index in [0.717, 1.165) is 19.3 Å². The monoisotopic (exact) mass is 353 g/mol. The highest BCUT2D eigenvalue weighted by atomic mass is 16.5. The molecular formula is C20H23N3O3. The molecular weight excluding hydrogens is 330 g/mol. The molecule has 2 aromatic rings. The minimum atomic E-state index is -0.264. The predicted octanol–water partition coefficient (Wildman–Crippen LogP) is 2.25. The van der Waals surface area contributed by atoms with Crippen LogP contribution in [0.5, 0.6) is 6.01 Å². The van der Waals surface area contributed by atoms with Crippen LogP contribution >= 0.6 is 0 Å². The maximum atomic E-state index is 12.4. The molecule has 26 heavy (non-hydrogen) atoms. The van der Waals surface area contributed by atoms with Crippen molar-refractivity contribution >= 4 is 5.91 Å². The van der Waals surface area contributed by atoms with Crippen LogP contribution < -0.4 is 4.74 Å². The molecule has 2 fully saturated rings. The fourth-order valence-corrected chi connectivity index (χ4v) is 3.68. The third-order valence-corrected chi connectivity index (χ3v) is 5.04. The van der Waals surface area contributed by atoms with Crippen molar-refractivity contribution in [3.63, 3.8) is 0 Å². The summed E-state index contributed by atoms with van der Waals surface area (Å²) in [6.07, 6.45) is 6.30. The van der Waals surface area contributed by atoms with Gasteiger partial charge in [-0.3, -0.25) is 4.79 Å². The summed E-state index contributed by atoms with van der Waals surface area (Å²) in [6, 6.07) is 12.3. The van der Waals surface area contributed by atoms with E-state index in [9.17, 15) is 4.79 Å². The standard InChI is InChI=1S/C20H23N3O3/c24-18(8-7-16-5-2-1-3-6-16)23-14-20(15-23)13-17(9-12-25-20)26-19-21-10-4-11-22-19/h1-6,10-11,17H,7-9,12-15H2/t17-/m0/s1. The highest BCUT2D eigenvalue weighted by molar-refractivity contribution is 5.77. The van der Waals surface area contributed by atoms with E-state index in [1.54, 1.807) is 18.5 Å². The van der Waals surface area contributed by atoms with Crippen molar-refractivity contribution in [2.24, 2.45) is 0 Å². The van der Waals surface area contributed by atoms with Gasteiger partial charge in [-0.15, -0.1) is 0 Å².